The molecule has 1 aliphatic carbocycles. The number of hydrogen-bond acceptors (Lipinski definition) is 3. The van der Waals surface area contributed by atoms with Gasteiger partial charge in [-0.25, -0.2) is 4.79 Å². The molecule has 2 aromatic carbocycles. The number of halogens is 1. The highest BCUT2D eigenvalue weighted by molar-refractivity contribution is 9.10. The number of piperidine rings is 2. The summed E-state index contributed by atoms with van der Waals surface area (Å²) < 4.78 is 7.01. The van der Waals surface area contributed by atoms with Gasteiger partial charge in [-0.15, -0.1) is 0 Å². The standard InChI is InChI=1S/C25H29BrN2O2/c26-19-9-11-20(12-10-19)27-25(29)30-24-16-18-15-21(24)22-8-4-5-13-28(22)23(18)14-17-6-2-1-3-7-17/h1-3,6-7,9-12,18,21-24H,4-5,8,13-16H2,(H,27,29)/t18?,21?,22-,23+,24?/m1/s1. The first-order chi connectivity index (χ1) is 14.7. The summed E-state index contributed by atoms with van der Waals surface area (Å²) in [7, 11) is 0. The van der Waals surface area contributed by atoms with Gasteiger partial charge in [0.25, 0.3) is 0 Å². The molecular formula is C25H29BrN2O2. The van der Waals surface area contributed by atoms with E-state index in [0.29, 0.717) is 23.9 Å². The van der Waals surface area contributed by atoms with Crippen molar-refractivity contribution in [3.8, 4) is 0 Å². The van der Waals surface area contributed by atoms with Gasteiger partial charge in [0.2, 0.25) is 0 Å². The number of hydrogen-bond donors (Lipinski definition) is 1. The number of amides is 1. The molecule has 3 aliphatic rings. The van der Waals surface area contributed by atoms with E-state index in [1.807, 2.05) is 24.3 Å². The Hall–Kier alpha value is -1.85. The molecule has 5 heteroatoms. The average Bonchev–Trinajstić information content (AvgIpc) is 3.13. The van der Waals surface area contributed by atoms with Crippen LogP contribution in [-0.4, -0.2) is 35.7 Å². The second kappa shape index (κ2) is 8.72. The summed E-state index contributed by atoms with van der Waals surface area (Å²) in [4.78, 5) is 15.4. The molecule has 2 bridgehead atoms. The lowest BCUT2D eigenvalue weighted by Crippen LogP contribution is -2.55. The lowest BCUT2D eigenvalue weighted by atomic mass is 9.79. The zero-order valence-corrected chi connectivity index (χ0v) is 18.8. The fourth-order valence-corrected chi connectivity index (χ4v) is 6.27. The highest BCUT2D eigenvalue weighted by atomic mass is 79.9. The molecule has 1 saturated carbocycles. The summed E-state index contributed by atoms with van der Waals surface area (Å²) in [6.07, 6.45) is 6.80. The molecule has 2 heterocycles. The summed E-state index contributed by atoms with van der Waals surface area (Å²) in [6.45, 7) is 1.19. The van der Waals surface area contributed by atoms with E-state index in [2.05, 4.69) is 56.5 Å². The number of anilines is 1. The van der Waals surface area contributed by atoms with Crippen LogP contribution >= 0.6 is 15.9 Å². The first-order valence-corrected chi connectivity index (χ1v) is 12.0. The van der Waals surface area contributed by atoms with Gasteiger partial charge in [0, 0.05) is 28.2 Å². The van der Waals surface area contributed by atoms with Gasteiger partial charge in [-0.05, 0) is 74.4 Å². The van der Waals surface area contributed by atoms with Crippen LogP contribution in [0.15, 0.2) is 59.1 Å². The van der Waals surface area contributed by atoms with Crippen molar-refractivity contribution >= 4 is 27.7 Å². The maximum Gasteiger partial charge on any atom is 0.411 e. The summed E-state index contributed by atoms with van der Waals surface area (Å²) in [6, 6.07) is 19.6. The normalized spacial score (nSPS) is 30.5. The van der Waals surface area contributed by atoms with Crippen LogP contribution < -0.4 is 5.32 Å². The Kier molecular flexibility index (Phi) is 5.83. The van der Waals surface area contributed by atoms with Gasteiger partial charge in [0.05, 0.1) is 0 Å². The summed E-state index contributed by atoms with van der Waals surface area (Å²) >= 11 is 3.43. The van der Waals surface area contributed by atoms with Crippen LogP contribution in [0.2, 0.25) is 0 Å². The van der Waals surface area contributed by atoms with Crippen LogP contribution in [0.5, 0.6) is 0 Å². The maximum absolute atomic E-state index is 12.6. The van der Waals surface area contributed by atoms with E-state index in [9.17, 15) is 4.79 Å². The van der Waals surface area contributed by atoms with Gasteiger partial charge < -0.3 is 4.74 Å². The Morgan fingerprint density at radius 2 is 1.87 bits per heavy atom. The largest absolute Gasteiger partial charge is 0.446 e. The molecule has 4 nitrogen and oxygen atoms in total. The third kappa shape index (κ3) is 4.15. The van der Waals surface area contributed by atoms with E-state index >= 15 is 0 Å². The van der Waals surface area contributed by atoms with Crippen LogP contribution in [0, 0.1) is 11.8 Å². The monoisotopic (exact) mass is 468 g/mol. The Bertz CT molecular complexity index is 872. The molecule has 30 heavy (non-hydrogen) atoms. The predicted molar refractivity (Wildman–Crippen MR) is 123 cm³/mol. The highest BCUT2D eigenvalue weighted by Gasteiger charge is 2.52. The van der Waals surface area contributed by atoms with Gasteiger partial charge in [-0.3, -0.25) is 10.2 Å². The van der Waals surface area contributed by atoms with Crippen molar-refractivity contribution in [1.29, 1.82) is 0 Å². The van der Waals surface area contributed by atoms with Crippen molar-refractivity contribution in [1.82, 2.24) is 4.90 Å². The first-order valence-electron chi connectivity index (χ1n) is 11.2. The van der Waals surface area contributed by atoms with Crippen molar-refractivity contribution in [2.24, 2.45) is 11.8 Å². The van der Waals surface area contributed by atoms with Crippen LogP contribution in [0.25, 0.3) is 0 Å². The third-order valence-corrected chi connectivity index (χ3v) is 7.81. The van der Waals surface area contributed by atoms with Crippen molar-refractivity contribution in [3.63, 3.8) is 0 Å². The molecule has 5 rings (SSSR count). The lowest BCUT2D eigenvalue weighted by Gasteiger charge is -2.49. The second-order valence-corrected chi connectivity index (χ2v) is 9.94. The topological polar surface area (TPSA) is 41.6 Å². The molecule has 1 amide bonds. The van der Waals surface area contributed by atoms with E-state index < -0.39 is 0 Å². The molecule has 2 saturated heterocycles. The molecule has 0 radical (unpaired) electrons. The minimum atomic E-state index is -0.322. The minimum Gasteiger partial charge on any atom is -0.446 e. The number of nitrogens with one attached hydrogen (secondary N) is 1. The summed E-state index contributed by atoms with van der Waals surface area (Å²) in [5.41, 5.74) is 2.19. The van der Waals surface area contributed by atoms with Crippen molar-refractivity contribution < 1.29 is 9.53 Å². The van der Waals surface area contributed by atoms with E-state index in [-0.39, 0.29) is 12.2 Å². The minimum absolute atomic E-state index is 0.0248. The summed E-state index contributed by atoms with van der Waals surface area (Å²) in [5, 5.41) is 2.90. The van der Waals surface area contributed by atoms with Crippen LogP contribution in [0.3, 0.4) is 0 Å². The number of nitrogens with zero attached hydrogens (tertiary/aromatic N) is 1. The van der Waals surface area contributed by atoms with Crippen molar-refractivity contribution in [3.05, 3.63) is 64.6 Å². The Morgan fingerprint density at radius 3 is 2.67 bits per heavy atom. The molecule has 2 aliphatic heterocycles. The SMILES string of the molecule is O=C(Nc1ccc(Br)cc1)OC1CC2CC1[C@H]1CCCCN1[C@H]2Cc1ccccc1. The van der Waals surface area contributed by atoms with Gasteiger partial charge in [0.1, 0.15) is 6.10 Å². The zero-order chi connectivity index (χ0) is 20.5. The fourth-order valence-electron chi connectivity index (χ4n) is 6.00. The van der Waals surface area contributed by atoms with Crippen LogP contribution in [-0.2, 0) is 11.2 Å². The first kappa shape index (κ1) is 20.1. The Morgan fingerprint density at radius 1 is 1.07 bits per heavy atom. The molecule has 5 atom stereocenters. The quantitative estimate of drug-likeness (QED) is 0.609. The predicted octanol–water partition coefficient (Wildman–Crippen LogP) is 5.87. The molecule has 0 aromatic heterocycles. The fraction of sp³-hybridized carbons (Fsp3) is 0.480. The van der Waals surface area contributed by atoms with Crippen LogP contribution in [0.4, 0.5) is 10.5 Å². The maximum atomic E-state index is 12.6. The van der Waals surface area contributed by atoms with E-state index in [4.69, 9.17) is 4.74 Å². The lowest BCUT2D eigenvalue weighted by molar-refractivity contribution is -0.0144. The zero-order valence-electron chi connectivity index (χ0n) is 17.2. The van der Waals surface area contributed by atoms with Crippen molar-refractivity contribution in [2.45, 2.75) is 56.7 Å². The Labute approximate surface area is 187 Å². The number of carbonyl (C=O) groups is 1. The van der Waals surface area contributed by atoms with Crippen LogP contribution in [0.1, 0.15) is 37.7 Å². The molecule has 3 unspecified atom stereocenters. The van der Waals surface area contributed by atoms with E-state index in [0.717, 1.165) is 23.0 Å². The van der Waals surface area contributed by atoms with E-state index in [1.165, 1.54) is 37.8 Å². The smallest absolute Gasteiger partial charge is 0.411 e. The molecule has 158 valence electrons. The van der Waals surface area contributed by atoms with E-state index in [1.54, 1.807) is 0 Å². The average molecular weight is 469 g/mol. The number of fused-ring (bicyclic) bond motifs is 4. The summed E-state index contributed by atoms with van der Waals surface area (Å²) in [5.74, 6) is 1.08. The van der Waals surface area contributed by atoms with Crippen molar-refractivity contribution in [2.75, 3.05) is 11.9 Å². The number of carbonyl (C=O) groups excluding carboxylic acids is 1. The number of benzene rings is 2. The van der Waals surface area contributed by atoms with Gasteiger partial charge in [-0.1, -0.05) is 52.7 Å². The molecule has 0 spiro atoms. The highest BCUT2D eigenvalue weighted by Crippen LogP contribution is 2.49. The van der Waals surface area contributed by atoms with Gasteiger partial charge in [-0.2, -0.15) is 0 Å². The van der Waals surface area contributed by atoms with Gasteiger partial charge >= 0.3 is 6.09 Å². The molecule has 1 N–H and O–H groups in total. The molecule has 2 aromatic rings. The second-order valence-electron chi connectivity index (χ2n) is 9.03. The number of rotatable bonds is 4. The number of ether oxygens (including phenoxy) is 1. The molecular weight excluding hydrogens is 440 g/mol. The molecule has 3 fully saturated rings. The third-order valence-electron chi connectivity index (χ3n) is 7.28. The van der Waals surface area contributed by atoms with Gasteiger partial charge in [0.15, 0.2) is 0 Å². The Balaban J connectivity index is 1.29.